The van der Waals surface area contributed by atoms with Crippen LogP contribution < -0.4 is 5.73 Å². The zero-order valence-electron chi connectivity index (χ0n) is 9.23. The lowest BCUT2D eigenvalue weighted by molar-refractivity contribution is -0.0559. The third-order valence-corrected chi connectivity index (χ3v) is 4.53. The van der Waals surface area contributed by atoms with E-state index in [9.17, 15) is 5.11 Å². The van der Waals surface area contributed by atoms with Crippen molar-refractivity contribution >= 4 is 16.5 Å². The number of nitrogen functional groups attached to an aromatic ring is 1. The maximum atomic E-state index is 10.7. The summed E-state index contributed by atoms with van der Waals surface area (Å²) in [6.45, 7) is 4.36. The lowest BCUT2D eigenvalue weighted by Crippen LogP contribution is -2.37. The van der Waals surface area contributed by atoms with E-state index >= 15 is 0 Å². The summed E-state index contributed by atoms with van der Waals surface area (Å²) in [5.41, 5.74) is 4.92. The molecule has 0 saturated heterocycles. The molecule has 1 saturated carbocycles. The molecule has 0 aliphatic heterocycles. The standard InChI is InChI=1S/C11H18N2OS/c1-7-3-4-11(14,8(2)5-7)9-6-13-10(12)15-9/h6-8,14H,3-5H2,1-2H3,(H2,12,13). The van der Waals surface area contributed by atoms with Crippen LogP contribution in [0.2, 0.25) is 0 Å². The Balaban J connectivity index is 2.26. The van der Waals surface area contributed by atoms with Gasteiger partial charge in [-0.15, -0.1) is 0 Å². The summed E-state index contributed by atoms with van der Waals surface area (Å²) >= 11 is 1.41. The molecule has 1 aromatic heterocycles. The minimum Gasteiger partial charge on any atom is -0.384 e. The number of aliphatic hydroxyl groups is 1. The summed E-state index contributed by atoms with van der Waals surface area (Å²) in [6.07, 6.45) is 4.72. The molecule has 1 aromatic rings. The van der Waals surface area contributed by atoms with Crippen molar-refractivity contribution < 1.29 is 5.11 Å². The molecule has 3 atom stereocenters. The van der Waals surface area contributed by atoms with Gasteiger partial charge in [0.15, 0.2) is 5.13 Å². The van der Waals surface area contributed by atoms with Crippen LogP contribution in [0.5, 0.6) is 0 Å². The van der Waals surface area contributed by atoms with Gasteiger partial charge in [-0.2, -0.15) is 0 Å². The second-order valence-electron chi connectivity index (χ2n) is 4.77. The second kappa shape index (κ2) is 3.76. The number of nitrogens with two attached hydrogens (primary N) is 1. The van der Waals surface area contributed by atoms with Crippen molar-refractivity contribution in [2.24, 2.45) is 11.8 Å². The number of thiazole rings is 1. The molecule has 1 heterocycles. The van der Waals surface area contributed by atoms with Gasteiger partial charge in [0.1, 0.15) is 5.60 Å². The predicted octanol–water partition coefficient (Wildman–Crippen LogP) is 2.37. The highest BCUT2D eigenvalue weighted by atomic mass is 32.1. The Morgan fingerprint density at radius 3 is 2.87 bits per heavy atom. The third kappa shape index (κ3) is 1.88. The third-order valence-electron chi connectivity index (χ3n) is 3.54. The Morgan fingerprint density at radius 1 is 1.60 bits per heavy atom. The summed E-state index contributed by atoms with van der Waals surface area (Å²) in [6, 6.07) is 0. The van der Waals surface area contributed by atoms with Crippen molar-refractivity contribution in [3.8, 4) is 0 Å². The van der Waals surface area contributed by atoms with Crippen molar-refractivity contribution in [2.75, 3.05) is 5.73 Å². The van der Waals surface area contributed by atoms with E-state index in [0.717, 1.165) is 24.1 Å². The van der Waals surface area contributed by atoms with E-state index in [1.165, 1.54) is 11.3 Å². The zero-order valence-corrected chi connectivity index (χ0v) is 10.0. The maximum Gasteiger partial charge on any atom is 0.180 e. The molecule has 4 heteroatoms. The van der Waals surface area contributed by atoms with Crippen LogP contribution in [-0.4, -0.2) is 10.1 Å². The fourth-order valence-electron chi connectivity index (χ4n) is 2.48. The summed E-state index contributed by atoms with van der Waals surface area (Å²) in [4.78, 5) is 4.96. The van der Waals surface area contributed by atoms with Crippen LogP contribution in [0, 0.1) is 11.8 Å². The van der Waals surface area contributed by atoms with Gasteiger partial charge in [0, 0.05) is 6.20 Å². The fraction of sp³-hybridized carbons (Fsp3) is 0.727. The first-order valence-corrected chi connectivity index (χ1v) is 6.28. The van der Waals surface area contributed by atoms with E-state index in [4.69, 9.17) is 5.73 Å². The molecule has 0 bridgehead atoms. The molecule has 3 unspecified atom stereocenters. The molecule has 0 spiro atoms. The van der Waals surface area contributed by atoms with Gasteiger partial charge in [-0.05, 0) is 31.1 Å². The van der Waals surface area contributed by atoms with E-state index in [0.29, 0.717) is 17.0 Å². The lowest BCUT2D eigenvalue weighted by Gasteiger charge is -2.39. The maximum absolute atomic E-state index is 10.7. The van der Waals surface area contributed by atoms with Crippen molar-refractivity contribution in [2.45, 2.75) is 38.7 Å². The van der Waals surface area contributed by atoms with Crippen LogP contribution in [0.15, 0.2) is 6.20 Å². The predicted molar refractivity (Wildman–Crippen MR) is 62.6 cm³/mol. The van der Waals surface area contributed by atoms with Crippen LogP contribution in [-0.2, 0) is 5.60 Å². The normalized spacial score (nSPS) is 36.7. The van der Waals surface area contributed by atoms with Gasteiger partial charge in [-0.3, -0.25) is 0 Å². The Hall–Kier alpha value is -0.610. The molecule has 0 amide bonds. The van der Waals surface area contributed by atoms with Crippen LogP contribution in [0.1, 0.15) is 38.0 Å². The molecule has 0 radical (unpaired) electrons. The van der Waals surface area contributed by atoms with Crippen LogP contribution in [0.3, 0.4) is 0 Å². The van der Waals surface area contributed by atoms with Crippen LogP contribution in [0.4, 0.5) is 5.13 Å². The monoisotopic (exact) mass is 226 g/mol. The number of nitrogens with zero attached hydrogens (tertiary/aromatic N) is 1. The van der Waals surface area contributed by atoms with Crippen molar-refractivity contribution in [1.82, 2.24) is 4.98 Å². The van der Waals surface area contributed by atoms with E-state index in [-0.39, 0.29) is 0 Å². The fourth-order valence-corrected chi connectivity index (χ4v) is 3.40. The highest BCUT2D eigenvalue weighted by Gasteiger charge is 2.41. The quantitative estimate of drug-likeness (QED) is 0.773. The zero-order chi connectivity index (χ0) is 11.1. The molecule has 2 rings (SSSR count). The van der Waals surface area contributed by atoms with Gasteiger partial charge >= 0.3 is 0 Å². The molecular weight excluding hydrogens is 208 g/mol. The summed E-state index contributed by atoms with van der Waals surface area (Å²) in [7, 11) is 0. The SMILES string of the molecule is CC1CCC(O)(c2cnc(N)s2)C(C)C1. The lowest BCUT2D eigenvalue weighted by atomic mass is 9.72. The Labute approximate surface area is 94.3 Å². The average Bonchev–Trinajstić information content (AvgIpc) is 2.60. The number of hydrogen-bond acceptors (Lipinski definition) is 4. The Morgan fingerprint density at radius 2 is 2.33 bits per heavy atom. The molecule has 1 aliphatic rings. The molecule has 84 valence electrons. The number of hydrogen-bond donors (Lipinski definition) is 2. The molecule has 0 aromatic carbocycles. The smallest absolute Gasteiger partial charge is 0.180 e. The summed E-state index contributed by atoms with van der Waals surface area (Å²) in [5.74, 6) is 1.01. The topological polar surface area (TPSA) is 59.1 Å². The number of rotatable bonds is 1. The minimum atomic E-state index is -0.693. The van der Waals surface area contributed by atoms with Crippen LogP contribution >= 0.6 is 11.3 Å². The van der Waals surface area contributed by atoms with Crippen molar-refractivity contribution in [3.63, 3.8) is 0 Å². The van der Waals surface area contributed by atoms with E-state index < -0.39 is 5.60 Å². The number of aromatic nitrogens is 1. The van der Waals surface area contributed by atoms with Crippen molar-refractivity contribution in [3.05, 3.63) is 11.1 Å². The van der Waals surface area contributed by atoms with Gasteiger partial charge in [0.2, 0.25) is 0 Å². The molecule has 1 fully saturated rings. The van der Waals surface area contributed by atoms with Gasteiger partial charge in [-0.25, -0.2) is 4.98 Å². The molecule has 3 N–H and O–H groups in total. The minimum absolute atomic E-state index is 0.293. The van der Waals surface area contributed by atoms with Gasteiger partial charge in [-0.1, -0.05) is 25.2 Å². The van der Waals surface area contributed by atoms with Gasteiger partial charge in [0.25, 0.3) is 0 Å². The highest BCUT2D eigenvalue weighted by molar-refractivity contribution is 7.15. The van der Waals surface area contributed by atoms with E-state index in [1.54, 1.807) is 6.20 Å². The average molecular weight is 226 g/mol. The second-order valence-corrected chi connectivity index (χ2v) is 5.83. The molecule has 15 heavy (non-hydrogen) atoms. The summed E-state index contributed by atoms with van der Waals surface area (Å²) in [5, 5.41) is 11.2. The van der Waals surface area contributed by atoms with Gasteiger partial charge < -0.3 is 10.8 Å². The number of anilines is 1. The summed E-state index contributed by atoms with van der Waals surface area (Å²) < 4.78 is 0. The Kier molecular flexibility index (Phi) is 2.73. The van der Waals surface area contributed by atoms with Crippen LogP contribution in [0.25, 0.3) is 0 Å². The largest absolute Gasteiger partial charge is 0.384 e. The van der Waals surface area contributed by atoms with Gasteiger partial charge in [0.05, 0.1) is 4.88 Å². The first-order chi connectivity index (χ1) is 7.02. The first kappa shape index (κ1) is 10.9. The highest BCUT2D eigenvalue weighted by Crippen LogP contribution is 2.45. The van der Waals surface area contributed by atoms with Crippen molar-refractivity contribution in [1.29, 1.82) is 0 Å². The molecule has 1 aliphatic carbocycles. The first-order valence-electron chi connectivity index (χ1n) is 5.46. The van der Waals surface area contributed by atoms with E-state index in [2.05, 4.69) is 18.8 Å². The molecular formula is C11H18N2OS. The van der Waals surface area contributed by atoms with E-state index in [1.807, 2.05) is 0 Å². The Bertz CT molecular complexity index is 352. The molecule has 3 nitrogen and oxygen atoms in total.